The Morgan fingerprint density at radius 2 is 1.89 bits per heavy atom. The van der Waals surface area contributed by atoms with Crippen LogP contribution in [0.15, 0.2) is 0 Å². The summed E-state index contributed by atoms with van der Waals surface area (Å²) in [6.07, 6.45) is 4.12. The molecule has 0 radical (unpaired) electrons. The fraction of sp³-hybridized carbons (Fsp3) is 0.846. The molecule has 2 unspecified atom stereocenters. The zero-order valence-electron chi connectivity index (χ0n) is 11.6. The van der Waals surface area contributed by atoms with E-state index in [0.29, 0.717) is 6.54 Å². The zero-order chi connectivity index (χ0) is 13.7. The van der Waals surface area contributed by atoms with E-state index >= 15 is 0 Å². The number of carbonyl (C=O) groups is 2. The van der Waals surface area contributed by atoms with Gasteiger partial charge in [-0.25, -0.2) is 0 Å². The minimum Gasteiger partial charge on any atom is -0.344 e. The van der Waals surface area contributed by atoms with Crippen LogP contribution in [-0.4, -0.2) is 42.4 Å². The maximum Gasteiger partial charge on any atom is 0.244 e. The van der Waals surface area contributed by atoms with Gasteiger partial charge in [0, 0.05) is 25.6 Å². The number of amides is 2. The van der Waals surface area contributed by atoms with Crippen LogP contribution in [0.3, 0.4) is 0 Å². The molecule has 5 nitrogen and oxygen atoms in total. The number of hydrogen-bond donors (Lipinski definition) is 2. The molecular weight excluding hydrogens is 230 g/mol. The first-order valence-corrected chi connectivity index (χ1v) is 6.74. The Bertz CT molecular complexity index is 301. The number of nitrogens with zero attached hydrogens (tertiary/aromatic N) is 1. The predicted octanol–water partition coefficient (Wildman–Crippen LogP) is 0.487. The number of nitrogens with one attached hydrogen (secondary N) is 1. The second-order valence-electron chi connectivity index (χ2n) is 5.25. The first kappa shape index (κ1) is 15.0. The number of hydrogen-bond acceptors (Lipinski definition) is 3. The third-order valence-electron chi connectivity index (χ3n) is 3.81. The standard InChI is InChI=1S/C13H25N3O2/c1-9(8-14)16(3)13(18)10(2)15-12(17)11-6-4-5-7-11/h9-11H,4-8,14H2,1-3H3,(H,15,17). The van der Waals surface area contributed by atoms with Crippen molar-refractivity contribution in [1.29, 1.82) is 0 Å². The summed E-state index contributed by atoms with van der Waals surface area (Å²) in [5.74, 6) is 0.0268. The molecule has 0 heterocycles. The van der Waals surface area contributed by atoms with Crippen molar-refractivity contribution in [2.75, 3.05) is 13.6 Å². The van der Waals surface area contributed by atoms with Crippen LogP contribution in [0.5, 0.6) is 0 Å². The van der Waals surface area contributed by atoms with Gasteiger partial charge in [0.15, 0.2) is 0 Å². The van der Waals surface area contributed by atoms with Gasteiger partial charge >= 0.3 is 0 Å². The molecule has 0 bridgehead atoms. The summed E-state index contributed by atoms with van der Waals surface area (Å²) in [6.45, 7) is 4.05. The van der Waals surface area contributed by atoms with Crippen LogP contribution in [0.4, 0.5) is 0 Å². The molecule has 1 aliphatic carbocycles. The topological polar surface area (TPSA) is 75.4 Å². The van der Waals surface area contributed by atoms with Crippen LogP contribution in [0.1, 0.15) is 39.5 Å². The Hall–Kier alpha value is -1.10. The lowest BCUT2D eigenvalue weighted by Crippen LogP contribution is -2.50. The molecule has 1 rings (SSSR count). The summed E-state index contributed by atoms with van der Waals surface area (Å²) in [6, 6.07) is -0.486. The van der Waals surface area contributed by atoms with Gasteiger partial charge in [0.05, 0.1) is 0 Å². The van der Waals surface area contributed by atoms with Crippen molar-refractivity contribution >= 4 is 11.8 Å². The minimum atomic E-state index is -0.475. The molecule has 0 aromatic carbocycles. The summed E-state index contributed by atoms with van der Waals surface area (Å²) in [5, 5.41) is 2.81. The van der Waals surface area contributed by atoms with Crippen LogP contribution in [0, 0.1) is 5.92 Å². The SMILES string of the molecule is CC(NC(=O)C1CCCC1)C(=O)N(C)C(C)CN. The number of carbonyl (C=O) groups excluding carboxylic acids is 2. The minimum absolute atomic E-state index is 0.0108. The molecule has 0 aromatic rings. The highest BCUT2D eigenvalue weighted by Gasteiger charge is 2.27. The van der Waals surface area contributed by atoms with Gasteiger partial charge in [-0.05, 0) is 26.7 Å². The van der Waals surface area contributed by atoms with Crippen molar-refractivity contribution in [2.24, 2.45) is 11.7 Å². The summed E-state index contributed by atoms with van der Waals surface area (Å²) in [4.78, 5) is 25.6. The highest BCUT2D eigenvalue weighted by molar-refractivity contribution is 5.88. The second-order valence-corrected chi connectivity index (χ2v) is 5.25. The molecule has 0 aliphatic heterocycles. The molecule has 0 aromatic heterocycles. The van der Waals surface area contributed by atoms with Gasteiger partial charge in [-0.3, -0.25) is 9.59 Å². The van der Waals surface area contributed by atoms with E-state index in [4.69, 9.17) is 5.73 Å². The summed E-state index contributed by atoms with van der Waals surface area (Å²) < 4.78 is 0. The van der Waals surface area contributed by atoms with Gasteiger partial charge < -0.3 is 16.0 Å². The molecule has 3 N–H and O–H groups in total. The van der Waals surface area contributed by atoms with Crippen molar-refractivity contribution < 1.29 is 9.59 Å². The molecule has 1 fully saturated rings. The van der Waals surface area contributed by atoms with Crippen LogP contribution in [-0.2, 0) is 9.59 Å². The molecule has 2 atom stereocenters. The maximum atomic E-state index is 12.0. The third kappa shape index (κ3) is 3.70. The molecule has 104 valence electrons. The fourth-order valence-electron chi connectivity index (χ4n) is 2.26. The molecule has 5 heteroatoms. The van der Waals surface area contributed by atoms with E-state index in [1.54, 1.807) is 18.9 Å². The largest absolute Gasteiger partial charge is 0.344 e. The zero-order valence-corrected chi connectivity index (χ0v) is 11.6. The highest BCUT2D eigenvalue weighted by atomic mass is 16.2. The Morgan fingerprint density at radius 3 is 2.39 bits per heavy atom. The highest BCUT2D eigenvalue weighted by Crippen LogP contribution is 2.24. The van der Waals surface area contributed by atoms with Crippen molar-refractivity contribution in [1.82, 2.24) is 10.2 Å². The summed E-state index contributed by atoms with van der Waals surface area (Å²) in [7, 11) is 1.72. The first-order chi connectivity index (χ1) is 8.47. The first-order valence-electron chi connectivity index (χ1n) is 6.74. The average molecular weight is 255 g/mol. The van der Waals surface area contributed by atoms with Crippen molar-refractivity contribution in [3.63, 3.8) is 0 Å². The van der Waals surface area contributed by atoms with E-state index < -0.39 is 6.04 Å². The maximum absolute atomic E-state index is 12.0. The molecule has 18 heavy (non-hydrogen) atoms. The molecule has 1 aliphatic rings. The number of nitrogens with two attached hydrogens (primary N) is 1. The van der Waals surface area contributed by atoms with E-state index in [1.807, 2.05) is 6.92 Å². The smallest absolute Gasteiger partial charge is 0.244 e. The third-order valence-corrected chi connectivity index (χ3v) is 3.81. The average Bonchev–Trinajstić information content (AvgIpc) is 2.89. The Labute approximate surface area is 109 Å². The monoisotopic (exact) mass is 255 g/mol. The van der Waals surface area contributed by atoms with E-state index in [2.05, 4.69) is 5.32 Å². The molecule has 2 amide bonds. The predicted molar refractivity (Wildman–Crippen MR) is 70.8 cm³/mol. The quantitative estimate of drug-likeness (QED) is 0.750. The van der Waals surface area contributed by atoms with Crippen LogP contribution >= 0.6 is 0 Å². The van der Waals surface area contributed by atoms with Crippen LogP contribution in [0.25, 0.3) is 0 Å². The number of likely N-dealkylation sites (N-methyl/N-ethyl adjacent to an activating group) is 1. The van der Waals surface area contributed by atoms with Gasteiger partial charge in [0.25, 0.3) is 0 Å². The number of rotatable bonds is 5. The van der Waals surface area contributed by atoms with Crippen molar-refractivity contribution in [2.45, 2.75) is 51.6 Å². The lowest BCUT2D eigenvalue weighted by Gasteiger charge is -2.27. The van der Waals surface area contributed by atoms with Gasteiger partial charge in [-0.1, -0.05) is 12.8 Å². The van der Waals surface area contributed by atoms with E-state index in [1.165, 1.54) is 0 Å². The van der Waals surface area contributed by atoms with E-state index in [9.17, 15) is 9.59 Å². The van der Waals surface area contributed by atoms with Crippen molar-refractivity contribution in [3.8, 4) is 0 Å². The van der Waals surface area contributed by atoms with E-state index in [0.717, 1.165) is 25.7 Å². The van der Waals surface area contributed by atoms with Crippen molar-refractivity contribution in [3.05, 3.63) is 0 Å². The fourth-order valence-corrected chi connectivity index (χ4v) is 2.26. The summed E-state index contributed by atoms with van der Waals surface area (Å²) >= 11 is 0. The lowest BCUT2D eigenvalue weighted by atomic mass is 10.1. The normalized spacial score (nSPS) is 19.3. The van der Waals surface area contributed by atoms with Gasteiger partial charge in [-0.15, -0.1) is 0 Å². The Kier molecular flexibility index (Phi) is 5.59. The van der Waals surface area contributed by atoms with Gasteiger partial charge in [0.2, 0.25) is 11.8 Å². The Morgan fingerprint density at radius 1 is 1.33 bits per heavy atom. The lowest BCUT2D eigenvalue weighted by molar-refractivity contribution is -0.137. The molecule has 1 saturated carbocycles. The van der Waals surface area contributed by atoms with E-state index in [-0.39, 0.29) is 23.8 Å². The second kappa shape index (κ2) is 6.73. The van der Waals surface area contributed by atoms with Gasteiger partial charge in [0.1, 0.15) is 6.04 Å². The Balaban J connectivity index is 2.46. The molecule has 0 spiro atoms. The molecule has 0 saturated heterocycles. The van der Waals surface area contributed by atoms with Gasteiger partial charge in [-0.2, -0.15) is 0 Å². The van der Waals surface area contributed by atoms with Crippen LogP contribution in [0.2, 0.25) is 0 Å². The molecular formula is C13H25N3O2. The summed E-state index contributed by atoms with van der Waals surface area (Å²) in [5.41, 5.74) is 5.53. The van der Waals surface area contributed by atoms with Crippen LogP contribution < -0.4 is 11.1 Å².